The molecule has 0 radical (unpaired) electrons. The van der Waals surface area contributed by atoms with Crippen molar-refractivity contribution < 1.29 is 31.5 Å². The molecule has 0 atom stereocenters. The van der Waals surface area contributed by atoms with Crippen molar-refractivity contribution in [1.29, 1.82) is 0 Å². The van der Waals surface area contributed by atoms with E-state index in [2.05, 4.69) is 344 Å². The van der Waals surface area contributed by atoms with E-state index in [9.17, 15) is 0 Å². The van der Waals surface area contributed by atoms with Crippen LogP contribution in [0.5, 0.6) is 0 Å². The minimum Gasteiger partial charge on any atom is -0.201 e. The van der Waals surface area contributed by atoms with E-state index in [-0.39, 0.29) is 0 Å². The molecule has 0 aliphatic heterocycles. The summed E-state index contributed by atoms with van der Waals surface area (Å²) in [5.41, 5.74) is 35.4. The van der Waals surface area contributed by atoms with Crippen LogP contribution < -0.4 is 27.4 Å². The molecule has 480 valence electrons. The number of aryl methyl sites for hydroxylation is 20. The Morgan fingerprint density at radius 1 is 0.223 bits per heavy atom. The lowest BCUT2D eigenvalue weighted by atomic mass is 9.97. The van der Waals surface area contributed by atoms with Crippen LogP contribution in [0.1, 0.15) is 93.1 Å². The first kappa shape index (κ1) is 67.1. The number of hydrogen-bond donors (Lipinski definition) is 0. The lowest BCUT2D eigenvalue weighted by Gasteiger charge is -2.10. The molecule has 0 fully saturated rings. The van der Waals surface area contributed by atoms with Crippen molar-refractivity contribution in [2.24, 2.45) is 42.3 Å². The van der Waals surface area contributed by atoms with Gasteiger partial charge in [-0.3, -0.25) is 0 Å². The molecular weight excluding hydrogens is 1140 g/mol. The monoisotopic (exact) mass is 1250 g/mol. The fourth-order valence-corrected chi connectivity index (χ4v) is 12.3. The van der Waals surface area contributed by atoms with Gasteiger partial charge in [-0.15, -0.1) is 0 Å². The zero-order chi connectivity index (χ0) is 71.0. The molecular formula is C88H104N6+6. The summed E-state index contributed by atoms with van der Waals surface area (Å²) in [5.74, 6) is 0. The van der Waals surface area contributed by atoms with Crippen molar-refractivity contribution in [2.45, 2.75) is 111 Å². The second-order valence-electron chi connectivity index (χ2n) is 25.5. The molecule has 6 heteroatoms. The first-order valence-electron chi connectivity index (χ1n) is 34.2. The van der Waals surface area contributed by atoms with Crippen LogP contribution in [0.25, 0.3) is 67.5 Å². The van der Waals surface area contributed by atoms with Gasteiger partial charge in [-0.25, -0.2) is 27.4 Å². The van der Waals surface area contributed by atoms with Crippen molar-refractivity contribution in [1.82, 2.24) is 0 Å². The molecule has 6 heterocycles. The molecule has 0 saturated heterocycles. The maximum absolute atomic E-state index is 7.41. The lowest BCUT2D eigenvalue weighted by Crippen LogP contribution is -2.33. The largest absolute Gasteiger partial charge is 0.215 e. The summed E-state index contributed by atoms with van der Waals surface area (Å²) in [4.78, 5) is 0. The maximum atomic E-state index is 7.41. The van der Waals surface area contributed by atoms with E-state index in [0.717, 1.165) is 11.3 Å². The summed E-state index contributed by atoms with van der Waals surface area (Å²) in [5, 5.41) is 0. The first-order chi connectivity index (χ1) is 46.0. The maximum Gasteiger partial charge on any atom is 0.215 e. The third-order valence-electron chi connectivity index (χ3n) is 17.8. The van der Waals surface area contributed by atoms with Crippen molar-refractivity contribution >= 4 is 0 Å². The highest BCUT2D eigenvalue weighted by Crippen LogP contribution is 2.28. The molecule has 0 amide bonds. The number of pyridine rings is 6. The van der Waals surface area contributed by atoms with Gasteiger partial charge in [0.25, 0.3) is 0 Å². The van der Waals surface area contributed by atoms with Crippen LogP contribution >= 0.6 is 0 Å². The van der Waals surface area contributed by atoms with Crippen molar-refractivity contribution in [2.75, 3.05) is 0 Å². The first-order valence-corrected chi connectivity index (χ1v) is 32.7. The molecule has 94 heavy (non-hydrogen) atoms. The van der Waals surface area contributed by atoms with Gasteiger partial charge < -0.3 is 0 Å². The van der Waals surface area contributed by atoms with E-state index < -0.39 is 6.85 Å². The molecule has 0 aliphatic carbocycles. The fraction of sp³-hybridized carbons (Fsp3) is 0.250. The summed E-state index contributed by atoms with van der Waals surface area (Å²) in [7, 11) is 12.4. The SMILES string of the molecule is Cc1cc(-c2ccccc2C)[n+](C)cc1C.Cc1cc(C)c(-c2ccccc2C)[n+](C)c1.Cc1cc[n+](C)c(-c2ccccc2C)c1.Cc1ccccc1-c1c(C)c(C)c(C)c[n+]1C.Cc1ccccc1-c1c(C)ccc[n+]1C.[2H]C([2H])([2H])c1ccc(-c2ccccc2C)[n+](C)c1. The Balaban J connectivity index is 0.000000164. The molecule has 0 N–H and O–H groups in total. The van der Waals surface area contributed by atoms with Crippen molar-refractivity contribution in [3.05, 3.63) is 320 Å². The van der Waals surface area contributed by atoms with E-state index in [1.807, 2.05) is 48.9 Å². The second-order valence-corrected chi connectivity index (χ2v) is 25.5. The molecule has 0 saturated carbocycles. The van der Waals surface area contributed by atoms with E-state index in [1.54, 1.807) is 12.3 Å². The van der Waals surface area contributed by atoms with E-state index in [1.165, 1.54) is 140 Å². The normalized spacial score (nSPS) is 11.1. The van der Waals surface area contributed by atoms with Gasteiger partial charge in [0.15, 0.2) is 37.2 Å². The third kappa shape index (κ3) is 18.3. The van der Waals surface area contributed by atoms with Crippen LogP contribution in [0.4, 0.5) is 0 Å². The average molecular weight is 1250 g/mol. The second kappa shape index (κ2) is 33.2. The summed E-state index contributed by atoms with van der Waals surface area (Å²) < 4.78 is 35.1. The molecule has 12 aromatic rings. The number of benzene rings is 6. The van der Waals surface area contributed by atoms with Crippen molar-refractivity contribution in [3.63, 3.8) is 0 Å². The van der Waals surface area contributed by atoms with E-state index in [0.29, 0.717) is 5.56 Å². The molecule has 12 rings (SSSR count). The van der Waals surface area contributed by atoms with Gasteiger partial charge in [-0.05, 0) is 215 Å². The van der Waals surface area contributed by atoms with Crippen LogP contribution in [0, 0.1) is 111 Å². The van der Waals surface area contributed by atoms with Gasteiger partial charge in [0, 0.05) is 107 Å². The summed E-state index contributed by atoms with van der Waals surface area (Å²) >= 11 is 0. The number of rotatable bonds is 6. The fourth-order valence-electron chi connectivity index (χ4n) is 12.3. The minimum atomic E-state index is -2.05. The Labute approximate surface area is 569 Å². The Kier molecular flexibility index (Phi) is 23.7. The molecule has 6 aromatic heterocycles. The predicted molar refractivity (Wildman–Crippen MR) is 394 cm³/mol. The van der Waals surface area contributed by atoms with Gasteiger partial charge >= 0.3 is 0 Å². The number of hydrogen-bond acceptors (Lipinski definition) is 0. The van der Waals surface area contributed by atoms with Gasteiger partial charge in [0.2, 0.25) is 34.2 Å². The van der Waals surface area contributed by atoms with Gasteiger partial charge in [0.05, 0.1) is 0 Å². The van der Waals surface area contributed by atoms with Gasteiger partial charge in [-0.1, -0.05) is 109 Å². The highest BCUT2D eigenvalue weighted by Gasteiger charge is 2.21. The quantitative estimate of drug-likeness (QED) is 0.148. The summed E-state index contributed by atoms with van der Waals surface area (Å²) in [6.07, 6.45) is 12.5. The van der Waals surface area contributed by atoms with Crippen molar-refractivity contribution in [3.8, 4) is 67.5 Å². The molecule has 6 aromatic carbocycles. The highest BCUT2D eigenvalue weighted by atomic mass is 14.9. The third-order valence-corrected chi connectivity index (χ3v) is 17.8. The molecule has 0 unspecified atom stereocenters. The molecule has 6 nitrogen and oxygen atoms in total. The van der Waals surface area contributed by atoms with E-state index >= 15 is 0 Å². The van der Waals surface area contributed by atoms with Crippen LogP contribution in [0.3, 0.4) is 0 Å². The Morgan fingerprint density at radius 2 is 0.606 bits per heavy atom. The Hall–Kier alpha value is -9.78. The van der Waals surface area contributed by atoms with Gasteiger partial charge in [-0.2, -0.15) is 0 Å². The predicted octanol–water partition coefficient (Wildman–Crippen LogP) is 18.0. The van der Waals surface area contributed by atoms with Crippen LogP contribution in [-0.4, -0.2) is 0 Å². The zero-order valence-electron chi connectivity index (χ0n) is 63.1. The topological polar surface area (TPSA) is 23.3 Å². The summed E-state index contributed by atoms with van der Waals surface area (Å²) in [6.45, 7) is 30.3. The Bertz CT molecular complexity index is 4670. The minimum absolute atomic E-state index is 0.363. The number of aromatic nitrogens is 6. The summed E-state index contributed by atoms with van der Waals surface area (Å²) in [6, 6.07) is 67.3. The van der Waals surface area contributed by atoms with E-state index in [4.69, 9.17) is 4.11 Å². The smallest absolute Gasteiger partial charge is 0.201 e. The molecule has 0 bridgehead atoms. The lowest BCUT2D eigenvalue weighted by molar-refractivity contribution is -0.661. The number of nitrogens with zero attached hydrogens (tertiary/aromatic N) is 6. The van der Waals surface area contributed by atoms with Crippen LogP contribution in [0.2, 0.25) is 0 Å². The average Bonchev–Trinajstić information content (AvgIpc) is 0.827. The molecule has 0 spiro atoms. The van der Waals surface area contributed by atoms with Crippen LogP contribution in [0.15, 0.2) is 231 Å². The highest BCUT2D eigenvalue weighted by molar-refractivity contribution is 5.67. The molecule has 0 aliphatic rings. The zero-order valence-corrected chi connectivity index (χ0v) is 60.1. The standard InChI is InChI=1S/C16H20N.2C15H18N.3C14H16N/c1-11-8-6-7-9-15(11)16-14(4)13(3)12(2)10-17(16)5;1-11-9-13(3)15(16(4)10-11)14-8-6-5-7-12(14)2;1-11-7-5-6-8-14(11)15-9-12(2)13(3)10-16(15)4;1-11-7-4-5-9-13(11)14-12(2)8-6-10-15(14)3;1-11-8-9-15(3)14(10-11)13-7-5-4-6-12(13)2;1-11-8-9-14(15(3)10-11)13-7-5-4-6-12(13)2/h6-10H,1-5H3;2*5-10H,1-4H3;3*4-10H,1-3H3/q6*+1/i;;;;;1D3. The van der Waals surface area contributed by atoms with Gasteiger partial charge in [0.1, 0.15) is 42.3 Å². The van der Waals surface area contributed by atoms with Crippen LogP contribution in [-0.2, 0) is 42.3 Å². The Morgan fingerprint density at radius 3 is 1.05 bits per heavy atom.